The van der Waals surface area contributed by atoms with Crippen molar-refractivity contribution in [3.63, 3.8) is 0 Å². The Labute approximate surface area is 102 Å². The van der Waals surface area contributed by atoms with Gasteiger partial charge in [-0.1, -0.05) is 18.5 Å². The molecule has 0 amide bonds. The van der Waals surface area contributed by atoms with Crippen molar-refractivity contribution in [1.82, 2.24) is 4.90 Å². The van der Waals surface area contributed by atoms with Crippen LogP contribution in [0.1, 0.15) is 18.9 Å². The van der Waals surface area contributed by atoms with Crippen molar-refractivity contribution in [2.75, 3.05) is 19.3 Å². The molecule has 88 valence electrons. The Bertz CT molecular complexity index is 378. The van der Waals surface area contributed by atoms with Gasteiger partial charge in [-0.05, 0) is 49.1 Å². The maximum absolute atomic E-state index is 5.97. The smallest absolute Gasteiger partial charge is 0.0410 e. The molecule has 1 fully saturated rings. The highest BCUT2D eigenvalue weighted by molar-refractivity contribution is 6.30. The van der Waals surface area contributed by atoms with Gasteiger partial charge in [0.25, 0.3) is 0 Å². The molecular formula is C13H19ClN2. The van der Waals surface area contributed by atoms with E-state index in [1.807, 2.05) is 18.2 Å². The van der Waals surface area contributed by atoms with E-state index >= 15 is 0 Å². The van der Waals surface area contributed by atoms with Gasteiger partial charge in [0.1, 0.15) is 0 Å². The van der Waals surface area contributed by atoms with E-state index in [9.17, 15) is 0 Å². The lowest BCUT2D eigenvalue weighted by molar-refractivity contribution is 0.308. The summed E-state index contributed by atoms with van der Waals surface area (Å²) >= 11 is 5.97. The molecule has 3 heteroatoms. The second-order valence-electron chi connectivity index (χ2n) is 5.01. The van der Waals surface area contributed by atoms with Crippen molar-refractivity contribution in [2.24, 2.45) is 11.8 Å². The van der Waals surface area contributed by atoms with E-state index in [4.69, 9.17) is 17.3 Å². The monoisotopic (exact) mass is 238 g/mol. The first-order valence-electron chi connectivity index (χ1n) is 5.78. The summed E-state index contributed by atoms with van der Waals surface area (Å²) in [6.07, 6.45) is 1.37. The van der Waals surface area contributed by atoms with Gasteiger partial charge in [-0.3, -0.25) is 0 Å². The summed E-state index contributed by atoms with van der Waals surface area (Å²) < 4.78 is 0. The van der Waals surface area contributed by atoms with Crippen LogP contribution in [0, 0.1) is 11.8 Å². The van der Waals surface area contributed by atoms with Crippen LogP contribution in [0.3, 0.4) is 0 Å². The third-order valence-corrected chi connectivity index (χ3v) is 3.60. The summed E-state index contributed by atoms with van der Waals surface area (Å²) in [5.41, 5.74) is 7.89. The fourth-order valence-corrected chi connectivity index (χ4v) is 2.32. The van der Waals surface area contributed by atoms with E-state index < -0.39 is 0 Å². The third kappa shape index (κ3) is 2.89. The molecule has 1 aromatic carbocycles. The maximum Gasteiger partial charge on any atom is 0.0410 e. The second kappa shape index (κ2) is 4.64. The number of nitrogens with zero attached hydrogens (tertiary/aromatic N) is 1. The molecule has 16 heavy (non-hydrogen) atoms. The van der Waals surface area contributed by atoms with E-state index in [0.717, 1.165) is 41.2 Å². The Morgan fingerprint density at radius 3 is 2.81 bits per heavy atom. The molecule has 2 atom stereocenters. The number of benzene rings is 1. The normalized spacial score (nSPS) is 23.8. The zero-order valence-electron chi connectivity index (χ0n) is 9.91. The minimum Gasteiger partial charge on any atom is -0.398 e. The first-order chi connectivity index (χ1) is 7.56. The molecule has 1 saturated carbocycles. The topological polar surface area (TPSA) is 29.3 Å². The van der Waals surface area contributed by atoms with Crippen molar-refractivity contribution >= 4 is 17.3 Å². The number of nitrogens with two attached hydrogens (primary N) is 1. The van der Waals surface area contributed by atoms with E-state index in [2.05, 4.69) is 18.9 Å². The predicted molar refractivity (Wildman–Crippen MR) is 69.5 cm³/mol. The molecule has 1 aliphatic rings. The van der Waals surface area contributed by atoms with Gasteiger partial charge in [0.2, 0.25) is 0 Å². The van der Waals surface area contributed by atoms with Gasteiger partial charge >= 0.3 is 0 Å². The average molecular weight is 239 g/mol. The Kier molecular flexibility index (Phi) is 3.41. The highest BCUT2D eigenvalue weighted by Crippen LogP contribution is 2.38. The van der Waals surface area contributed by atoms with Crippen molar-refractivity contribution in [3.8, 4) is 0 Å². The van der Waals surface area contributed by atoms with Gasteiger partial charge < -0.3 is 10.6 Å². The Hall–Kier alpha value is -0.730. The third-order valence-electron chi connectivity index (χ3n) is 3.37. The van der Waals surface area contributed by atoms with E-state index in [0.29, 0.717) is 0 Å². The van der Waals surface area contributed by atoms with Gasteiger partial charge in [0.15, 0.2) is 0 Å². The van der Waals surface area contributed by atoms with Crippen LogP contribution >= 0.6 is 11.6 Å². The Morgan fingerprint density at radius 2 is 2.19 bits per heavy atom. The van der Waals surface area contributed by atoms with Gasteiger partial charge in [-0.2, -0.15) is 0 Å². The van der Waals surface area contributed by atoms with Crippen LogP contribution in [0.4, 0.5) is 5.69 Å². The van der Waals surface area contributed by atoms with Crippen LogP contribution in [0.25, 0.3) is 0 Å². The van der Waals surface area contributed by atoms with Crippen LogP contribution < -0.4 is 5.73 Å². The van der Waals surface area contributed by atoms with Gasteiger partial charge in [0, 0.05) is 23.8 Å². The number of hydrogen-bond acceptors (Lipinski definition) is 2. The van der Waals surface area contributed by atoms with Crippen molar-refractivity contribution < 1.29 is 0 Å². The molecule has 2 rings (SSSR count). The molecule has 2 N–H and O–H groups in total. The second-order valence-corrected chi connectivity index (χ2v) is 5.45. The summed E-state index contributed by atoms with van der Waals surface area (Å²) in [4.78, 5) is 2.33. The SMILES string of the molecule is CC1CC1CN(C)Cc1cc(Cl)ccc1N. The van der Waals surface area contributed by atoms with Crippen molar-refractivity contribution in [1.29, 1.82) is 0 Å². The summed E-state index contributed by atoms with van der Waals surface area (Å²) in [7, 11) is 2.14. The van der Waals surface area contributed by atoms with E-state index in [-0.39, 0.29) is 0 Å². The molecule has 0 bridgehead atoms. The number of rotatable bonds is 4. The summed E-state index contributed by atoms with van der Waals surface area (Å²) in [5.74, 6) is 1.78. The largest absolute Gasteiger partial charge is 0.398 e. The maximum atomic E-state index is 5.97. The summed E-state index contributed by atoms with van der Waals surface area (Å²) in [6.45, 7) is 4.36. The van der Waals surface area contributed by atoms with Crippen molar-refractivity contribution in [3.05, 3.63) is 28.8 Å². The first kappa shape index (κ1) is 11.7. The van der Waals surface area contributed by atoms with Gasteiger partial charge in [-0.25, -0.2) is 0 Å². The summed E-state index contributed by atoms with van der Waals surface area (Å²) in [5, 5.41) is 0.761. The number of nitrogen functional groups attached to an aromatic ring is 1. The molecule has 1 aromatic rings. The van der Waals surface area contributed by atoms with Crippen molar-refractivity contribution in [2.45, 2.75) is 19.9 Å². The molecule has 0 radical (unpaired) electrons. The summed E-state index contributed by atoms with van der Waals surface area (Å²) in [6, 6.07) is 5.68. The first-order valence-corrected chi connectivity index (χ1v) is 6.16. The number of hydrogen-bond donors (Lipinski definition) is 1. The minimum atomic E-state index is 0.761. The fourth-order valence-electron chi connectivity index (χ4n) is 2.12. The quantitative estimate of drug-likeness (QED) is 0.818. The van der Waals surface area contributed by atoms with Gasteiger partial charge in [-0.15, -0.1) is 0 Å². The molecule has 1 aliphatic carbocycles. The molecule has 2 unspecified atom stereocenters. The molecule has 2 nitrogen and oxygen atoms in total. The standard InChI is InChI=1S/C13H19ClN2/c1-9-5-10(9)7-16(2)8-11-6-12(14)3-4-13(11)15/h3-4,6,9-10H,5,7-8,15H2,1-2H3. The average Bonchev–Trinajstić information content (AvgIpc) is 2.88. The molecular weight excluding hydrogens is 220 g/mol. The van der Waals surface area contributed by atoms with Gasteiger partial charge in [0.05, 0.1) is 0 Å². The van der Waals surface area contributed by atoms with Crippen LogP contribution in [-0.4, -0.2) is 18.5 Å². The molecule has 0 aliphatic heterocycles. The zero-order valence-corrected chi connectivity index (χ0v) is 10.7. The highest BCUT2D eigenvalue weighted by Gasteiger charge is 2.33. The number of anilines is 1. The predicted octanol–water partition coefficient (Wildman–Crippen LogP) is 3.01. The lowest BCUT2D eigenvalue weighted by Crippen LogP contribution is -2.21. The number of halogens is 1. The Morgan fingerprint density at radius 1 is 1.50 bits per heavy atom. The molecule has 0 heterocycles. The molecule has 0 aromatic heterocycles. The van der Waals surface area contributed by atoms with E-state index in [1.165, 1.54) is 6.42 Å². The van der Waals surface area contributed by atoms with Crippen LogP contribution in [0.15, 0.2) is 18.2 Å². The van der Waals surface area contributed by atoms with E-state index in [1.54, 1.807) is 0 Å². The fraction of sp³-hybridized carbons (Fsp3) is 0.538. The molecule has 0 spiro atoms. The van der Waals surface area contributed by atoms with Crippen LogP contribution in [0.2, 0.25) is 5.02 Å². The highest BCUT2D eigenvalue weighted by atomic mass is 35.5. The lowest BCUT2D eigenvalue weighted by atomic mass is 10.1. The zero-order chi connectivity index (χ0) is 11.7. The minimum absolute atomic E-state index is 0.761. The lowest BCUT2D eigenvalue weighted by Gasteiger charge is -2.17. The van der Waals surface area contributed by atoms with Crippen LogP contribution in [-0.2, 0) is 6.54 Å². The molecule has 0 saturated heterocycles. The van der Waals surface area contributed by atoms with Crippen LogP contribution in [0.5, 0.6) is 0 Å². The Balaban J connectivity index is 1.94.